The van der Waals surface area contributed by atoms with Crippen molar-refractivity contribution in [3.63, 3.8) is 0 Å². The van der Waals surface area contributed by atoms with Crippen LogP contribution in [0, 0.1) is 17.5 Å². The van der Waals surface area contributed by atoms with Crippen LogP contribution in [0.2, 0.25) is 0 Å². The minimum Gasteiger partial charge on any atom is -0.596 e. The van der Waals surface area contributed by atoms with E-state index < -0.39 is 5.41 Å². The highest BCUT2D eigenvalue weighted by Gasteiger charge is 2.58. The predicted octanol–water partition coefficient (Wildman–Crippen LogP) is 2.79. The number of hydrogen-bond donors (Lipinski definition) is 0. The van der Waals surface area contributed by atoms with Crippen LogP contribution in [0.3, 0.4) is 0 Å². The average Bonchev–Trinajstić information content (AvgIpc) is 2.96. The topological polar surface area (TPSA) is 46.4 Å². The Bertz CT molecular complexity index is 554. The zero-order valence-corrected chi connectivity index (χ0v) is 11.3. The number of carbonyl (C=O) groups excluding carboxylic acids is 1. The van der Waals surface area contributed by atoms with Crippen LogP contribution in [0.1, 0.15) is 38.2 Å². The van der Waals surface area contributed by atoms with Crippen LogP contribution in [0.25, 0.3) is 0 Å². The molecule has 0 atom stereocenters. The van der Waals surface area contributed by atoms with Crippen LogP contribution in [0.15, 0.2) is 24.3 Å². The average molecular weight is 258 g/mol. The molecule has 3 rings (SSSR count). The van der Waals surface area contributed by atoms with Gasteiger partial charge in [-0.15, -0.1) is 0 Å². The van der Waals surface area contributed by atoms with Crippen LogP contribution >= 0.6 is 0 Å². The van der Waals surface area contributed by atoms with Gasteiger partial charge in [0.25, 0.3) is 0 Å². The molecule has 1 aliphatic heterocycles. The molecule has 0 radical (unpaired) electrons. The second-order valence-corrected chi connectivity index (χ2v) is 5.60. The molecule has 1 aromatic carbocycles. The molecule has 2 aliphatic rings. The monoisotopic (exact) mass is 258 g/mol. The van der Waals surface area contributed by atoms with Crippen LogP contribution in [0.5, 0.6) is 0 Å². The molecule has 1 aromatic rings. The first-order valence-corrected chi connectivity index (χ1v) is 6.79. The first kappa shape index (κ1) is 12.2. The van der Waals surface area contributed by atoms with Crippen LogP contribution < -0.4 is 5.01 Å². The van der Waals surface area contributed by atoms with E-state index in [1.807, 2.05) is 31.2 Å². The van der Waals surface area contributed by atoms with E-state index in [0.717, 1.165) is 36.1 Å². The van der Waals surface area contributed by atoms with E-state index in [1.54, 1.807) is 6.92 Å². The van der Waals surface area contributed by atoms with Crippen molar-refractivity contribution in [3.8, 4) is 0 Å². The van der Waals surface area contributed by atoms with E-state index in [9.17, 15) is 10.0 Å². The summed E-state index contributed by atoms with van der Waals surface area (Å²) >= 11 is 0. The third-order valence-corrected chi connectivity index (χ3v) is 4.50. The first-order chi connectivity index (χ1) is 9.06. The van der Waals surface area contributed by atoms with Crippen LogP contribution in [-0.4, -0.2) is 16.5 Å². The molecule has 4 nitrogen and oxygen atoms in total. The lowest BCUT2D eigenvalue weighted by Crippen LogP contribution is -2.38. The first-order valence-electron chi connectivity index (χ1n) is 6.79. The van der Waals surface area contributed by atoms with Crippen LogP contribution in [0.4, 0.5) is 5.69 Å². The summed E-state index contributed by atoms with van der Waals surface area (Å²) in [4.78, 5) is 13.5. The third-order valence-electron chi connectivity index (χ3n) is 4.50. The molecule has 19 heavy (non-hydrogen) atoms. The van der Waals surface area contributed by atoms with Crippen molar-refractivity contribution in [1.29, 1.82) is 0 Å². The standard InChI is InChI=1S/C15H18N2O2/c1-11-5-7-13(8-6-11)16-14(18)15(9-3-4-10-15)12(2)17(16)19/h5-8H,3-4,9-10H2,1-2H3. The maximum atomic E-state index is 12.7. The molecule has 1 heterocycles. The van der Waals surface area contributed by atoms with Crippen molar-refractivity contribution in [2.24, 2.45) is 5.41 Å². The van der Waals surface area contributed by atoms with Crippen molar-refractivity contribution in [2.45, 2.75) is 39.5 Å². The van der Waals surface area contributed by atoms with Gasteiger partial charge >= 0.3 is 5.91 Å². The minimum atomic E-state index is -0.535. The van der Waals surface area contributed by atoms with Gasteiger partial charge in [-0.25, -0.2) is 0 Å². The molecule has 4 heteroatoms. The molecule has 0 unspecified atom stereocenters. The number of hydrogen-bond acceptors (Lipinski definition) is 2. The molecular weight excluding hydrogens is 240 g/mol. The van der Waals surface area contributed by atoms with Gasteiger partial charge < -0.3 is 5.21 Å². The van der Waals surface area contributed by atoms with Crippen molar-refractivity contribution >= 4 is 17.3 Å². The number of rotatable bonds is 1. The van der Waals surface area contributed by atoms with Gasteiger partial charge in [0.05, 0.1) is 0 Å². The second kappa shape index (κ2) is 4.08. The van der Waals surface area contributed by atoms with Crippen molar-refractivity contribution in [3.05, 3.63) is 35.0 Å². The molecule has 0 N–H and O–H groups in total. The maximum Gasteiger partial charge on any atom is 0.301 e. The SMILES string of the molecule is CC1=[N+]([O-])N(c2ccc(C)cc2)C(=O)C12CCCC2. The Labute approximate surface area is 112 Å². The number of nitrogens with zero attached hydrogens (tertiary/aromatic N) is 2. The van der Waals surface area contributed by atoms with Crippen molar-refractivity contribution in [1.82, 2.24) is 0 Å². The van der Waals surface area contributed by atoms with Crippen LogP contribution in [-0.2, 0) is 4.79 Å². The fourth-order valence-corrected chi connectivity index (χ4v) is 3.24. The largest absolute Gasteiger partial charge is 0.596 e. The predicted molar refractivity (Wildman–Crippen MR) is 73.9 cm³/mol. The van der Waals surface area contributed by atoms with Crippen molar-refractivity contribution in [2.75, 3.05) is 5.01 Å². The Morgan fingerprint density at radius 3 is 2.32 bits per heavy atom. The van der Waals surface area contributed by atoms with Gasteiger partial charge in [0, 0.05) is 6.92 Å². The summed E-state index contributed by atoms with van der Waals surface area (Å²) in [6.07, 6.45) is 3.66. The number of hydrazone groups is 1. The number of amides is 1. The number of benzene rings is 1. The Morgan fingerprint density at radius 2 is 1.74 bits per heavy atom. The zero-order chi connectivity index (χ0) is 13.6. The second-order valence-electron chi connectivity index (χ2n) is 5.60. The van der Waals surface area contributed by atoms with Gasteiger partial charge in [-0.05, 0) is 31.9 Å². The molecule has 1 spiro atoms. The third kappa shape index (κ3) is 1.59. The summed E-state index contributed by atoms with van der Waals surface area (Å²) < 4.78 is 0. The molecule has 100 valence electrons. The van der Waals surface area contributed by atoms with Gasteiger partial charge in [-0.2, -0.15) is 0 Å². The highest BCUT2D eigenvalue weighted by Crippen LogP contribution is 2.45. The maximum absolute atomic E-state index is 12.7. The number of anilines is 1. The number of hydrazine groups is 1. The van der Waals surface area contributed by atoms with E-state index in [0.29, 0.717) is 11.4 Å². The summed E-state index contributed by atoms with van der Waals surface area (Å²) in [5.74, 6) is -0.0543. The van der Waals surface area contributed by atoms with Gasteiger partial charge in [-0.3, -0.25) is 4.79 Å². The Morgan fingerprint density at radius 1 is 1.16 bits per heavy atom. The molecule has 1 aliphatic carbocycles. The summed E-state index contributed by atoms with van der Waals surface area (Å²) in [5.41, 5.74) is 1.89. The molecule has 0 aromatic heterocycles. The quantitative estimate of drug-likeness (QED) is 0.574. The highest BCUT2D eigenvalue weighted by molar-refractivity contribution is 6.14. The molecule has 1 saturated carbocycles. The molecular formula is C15H18N2O2. The Hall–Kier alpha value is -1.84. The van der Waals surface area contributed by atoms with E-state index in [1.165, 1.54) is 5.01 Å². The molecule has 1 amide bonds. The lowest BCUT2D eigenvalue weighted by molar-refractivity contribution is -0.456. The normalized spacial score (nSPS) is 21.8. The van der Waals surface area contributed by atoms with Gasteiger partial charge in [-0.1, -0.05) is 40.4 Å². The fourth-order valence-electron chi connectivity index (χ4n) is 3.24. The van der Waals surface area contributed by atoms with E-state index >= 15 is 0 Å². The lowest BCUT2D eigenvalue weighted by atomic mass is 9.81. The minimum absolute atomic E-state index is 0.0543. The highest BCUT2D eigenvalue weighted by atomic mass is 16.5. The smallest absolute Gasteiger partial charge is 0.301 e. The molecule has 0 bridgehead atoms. The summed E-state index contributed by atoms with van der Waals surface area (Å²) in [6.45, 7) is 3.78. The Balaban J connectivity index is 2.04. The summed E-state index contributed by atoms with van der Waals surface area (Å²) in [6, 6.07) is 7.51. The van der Waals surface area contributed by atoms with E-state index in [2.05, 4.69) is 0 Å². The summed E-state index contributed by atoms with van der Waals surface area (Å²) in [7, 11) is 0. The lowest BCUT2D eigenvalue weighted by Gasteiger charge is -2.18. The van der Waals surface area contributed by atoms with E-state index in [-0.39, 0.29) is 5.91 Å². The van der Waals surface area contributed by atoms with Crippen molar-refractivity contribution < 1.29 is 9.64 Å². The van der Waals surface area contributed by atoms with E-state index in [4.69, 9.17) is 0 Å². The number of aryl methyl sites for hydroxylation is 1. The fraction of sp³-hybridized carbons (Fsp3) is 0.467. The van der Waals surface area contributed by atoms with Gasteiger partial charge in [0.15, 0.2) is 0 Å². The number of carbonyl (C=O) groups is 1. The Kier molecular flexibility index (Phi) is 2.62. The summed E-state index contributed by atoms with van der Waals surface area (Å²) in [5, 5.41) is 13.6. The van der Waals surface area contributed by atoms with Gasteiger partial charge in [0.1, 0.15) is 11.1 Å². The zero-order valence-electron chi connectivity index (χ0n) is 11.3. The molecule has 0 saturated heterocycles. The molecule has 1 fully saturated rings. The van der Waals surface area contributed by atoms with Gasteiger partial charge in [0.2, 0.25) is 5.71 Å².